The maximum Gasteiger partial charge on any atom is 0.268 e. The number of halogens is 3. The average molecular weight is 493 g/mol. The lowest BCUT2D eigenvalue weighted by Crippen LogP contribution is -2.44. The van der Waals surface area contributed by atoms with Crippen LogP contribution in [0.25, 0.3) is 5.76 Å². The molecule has 0 radical (unpaired) electrons. The summed E-state index contributed by atoms with van der Waals surface area (Å²) in [6, 6.07) is 8.90. The Morgan fingerprint density at radius 3 is 2.33 bits per heavy atom. The van der Waals surface area contributed by atoms with Gasteiger partial charge in [-0.15, -0.1) is 0 Å². The van der Waals surface area contributed by atoms with Crippen LogP contribution in [0.5, 0.6) is 5.75 Å². The number of amides is 1. The summed E-state index contributed by atoms with van der Waals surface area (Å²) in [5.41, 5.74) is 0.472. The molecule has 0 aliphatic carbocycles. The standard InChI is InChI=1S/C23H23Cl2FN4O3/c1-28-5-7-30(8-6-28)16-4-3-14(20(26)11-16)13-29(2)23(33)17(12-27)21(31)15-9-18(24)22(32)19(25)10-15/h3-4,9-11,31-32H,5-8,13H2,1-2H3/b21-17-. The topological polar surface area (TPSA) is 91.0 Å². The molecule has 1 amide bonds. The van der Waals surface area contributed by atoms with Crippen molar-refractivity contribution in [3.63, 3.8) is 0 Å². The van der Waals surface area contributed by atoms with Crippen molar-refractivity contribution in [2.75, 3.05) is 45.2 Å². The Hall–Kier alpha value is -2.99. The van der Waals surface area contributed by atoms with Gasteiger partial charge in [0, 0.05) is 56.6 Å². The fraction of sp³-hybridized carbons (Fsp3) is 0.304. The molecule has 1 aliphatic rings. The number of hydrogen-bond acceptors (Lipinski definition) is 6. The zero-order chi connectivity index (χ0) is 24.3. The number of carbonyl (C=O) groups excluding carboxylic acids is 1. The SMILES string of the molecule is CN1CCN(c2ccc(CN(C)C(=O)/C(C#N)=C(\O)c3cc(Cl)c(O)c(Cl)c3)c(F)c2)CC1. The molecule has 0 aromatic heterocycles. The van der Waals surface area contributed by atoms with Crippen LogP contribution in [0, 0.1) is 17.1 Å². The number of likely N-dealkylation sites (N-methyl/N-ethyl adjacent to an activating group) is 2. The lowest BCUT2D eigenvalue weighted by molar-refractivity contribution is -0.126. The molecular formula is C23H23Cl2FN4O3. The average Bonchev–Trinajstić information content (AvgIpc) is 2.79. The summed E-state index contributed by atoms with van der Waals surface area (Å²) in [6.07, 6.45) is 0. The van der Waals surface area contributed by atoms with E-state index in [4.69, 9.17) is 23.2 Å². The van der Waals surface area contributed by atoms with E-state index in [2.05, 4.69) is 9.80 Å². The zero-order valence-electron chi connectivity index (χ0n) is 18.1. The van der Waals surface area contributed by atoms with Crippen molar-refractivity contribution in [2.45, 2.75) is 6.54 Å². The number of benzene rings is 2. The van der Waals surface area contributed by atoms with Gasteiger partial charge in [-0.25, -0.2) is 4.39 Å². The lowest BCUT2D eigenvalue weighted by atomic mass is 10.1. The van der Waals surface area contributed by atoms with Crippen molar-refractivity contribution in [1.29, 1.82) is 5.26 Å². The van der Waals surface area contributed by atoms with Crippen molar-refractivity contribution in [1.82, 2.24) is 9.80 Å². The van der Waals surface area contributed by atoms with Crippen LogP contribution in [-0.4, -0.2) is 66.2 Å². The van der Waals surface area contributed by atoms with Gasteiger partial charge in [-0.05, 0) is 31.3 Å². The van der Waals surface area contributed by atoms with Gasteiger partial charge < -0.3 is 24.9 Å². The second kappa shape index (κ2) is 10.3. The fourth-order valence-electron chi connectivity index (χ4n) is 3.49. The van der Waals surface area contributed by atoms with Crippen LogP contribution in [0.4, 0.5) is 10.1 Å². The third-order valence-corrected chi connectivity index (χ3v) is 6.09. The van der Waals surface area contributed by atoms with E-state index in [1.807, 2.05) is 7.05 Å². The molecule has 2 aromatic carbocycles. The van der Waals surface area contributed by atoms with Gasteiger partial charge in [-0.1, -0.05) is 29.3 Å². The summed E-state index contributed by atoms with van der Waals surface area (Å²) in [4.78, 5) is 18.3. The second-order valence-electron chi connectivity index (χ2n) is 7.85. The zero-order valence-corrected chi connectivity index (χ0v) is 19.7. The van der Waals surface area contributed by atoms with E-state index < -0.39 is 23.1 Å². The lowest BCUT2D eigenvalue weighted by Gasteiger charge is -2.34. The number of aliphatic hydroxyl groups is 1. The Kier molecular flexibility index (Phi) is 7.69. The number of aliphatic hydroxyl groups excluding tert-OH is 1. The molecule has 2 aromatic rings. The van der Waals surface area contributed by atoms with Crippen molar-refractivity contribution < 1.29 is 19.4 Å². The molecule has 0 spiro atoms. The maximum atomic E-state index is 14.8. The van der Waals surface area contributed by atoms with Gasteiger partial charge in [-0.3, -0.25) is 4.79 Å². The van der Waals surface area contributed by atoms with E-state index in [1.165, 1.54) is 25.2 Å². The number of phenolic OH excluding ortho intramolecular Hbond substituents is 1. The molecular weight excluding hydrogens is 470 g/mol. The highest BCUT2D eigenvalue weighted by Crippen LogP contribution is 2.35. The van der Waals surface area contributed by atoms with Gasteiger partial charge in [0.2, 0.25) is 0 Å². The molecule has 1 fully saturated rings. The molecule has 10 heteroatoms. The summed E-state index contributed by atoms with van der Waals surface area (Å²) >= 11 is 11.7. The van der Waals surface area contributed by atoms with Gasteiger partial charge in [0.05, 0.1) is 10.0 Å². The minimum absolute atomic E-state index is 0.0104. The number of nitrogens with zero attached hydrogens (tertiary/aromatic N) is 4. The highest BCUT2D eigenvalue weighted by atomic mass is 35.5. The summed E-state index contributed by atoms with van der Waals surface area (Å²) < 4.78 is 14.8. The molecule has 7 nitrogen and oxygen atoms in total. The molecule has 33 heavy (non-hydrogen) atoms. The Morgan fingerprint density at radius 1 is 1.18 bits per heavy atom. The van der Waals surface area contributed by atoms with Crippen LogP contribution in [0.2, 0.25) is 10.0 Å². The largest absolute Gasteiger partial charge is 0.506 e. The number of rotatable bonds is 5. The van der Waals surface area contributed by atoms with E-state index in [1.54, 1.807) is 18.2 Å². The van der Waals surface area contributed by atoms with Crippen LogP contribution in [0.1, 0.15) is 11.1 Å². The highest BCUT2D eigenvalue weighted by Gasteiger charge is 2.23. The first-order chi connectivity index (χ1) is 15.6. The molecule has 1 aliphatic heterocycles. The summed E-state index contributed by atoms with van der Waals surface area (Å²) in [6.45, 7) is 3.28. The second-order valence-corrected chi connectivity index (χ2v) is 8.67. The number of nitriles is 1. The summed E-state index contributed by atoms with van der Waals surface area (Å²) in [5.74, 6) is -2.30. The minimum Gasteiger partial charge on any atom is -0.506 e. The van der Waals surface area contributed by atoms with Crippen LogP contribution in [0.3, 0.4) is 0 Å². The van der Waals surface area contributed by atoms with E-state index in [-0.39, 0.29) is 33.5 Å². The molecule has 1 heterocycles. The number of anilines is 1. The minimum atomic E-state index is -0.808. The normalized spacial score (nSPS) is 15.1. The van der Waals surface area contributed by atoms with E-state index in [9.17, 15) is 24.7 Å². The fourth-order valence-corrected chi connectivity index (χ4v) is 3.98. The van der Waals surface area contributed by atoms with Gasteiger partial charge in [-0.2, -0.15) is 5.26 Å². The molecule has 1 saturated heterocycles. The Balaban J connectivity index is 1.79. The van der Waals surface area contributed by atoms with Crippen LogP contribution in [0.15, 0.2) is 35.9 Å². The van der Waals surface area contributed by atoms with Crippen LogP contribution >= 0.6 is 23.2 Å². The first-order valence-corrected chi connectivity index (χ1v) is 10.9. The van der Waals surface area contributed by atoms with E-state index in [0.29, 0.717) is 0 Å². The third kappa shape index (κ3) is 5.50. The quantitative estimate of drug-likeness (QED) is 0.371. The number of carbonyl (C=O) groups is 1. The van der Waals surface area contributed by atoms with Crippen molar-refractivity contribution in [3.8, 4) is 11.8 Å². The van der Waals surface area contributed by atoms with Crippen LogP contribution < -0.4 is 4.90 Å². The molecule has 174 valence electrons. The van der Waals surface area contributed by atoms with E-state index in [0.717, 1.165) is 36.8 Å². The summed E-state index contributed by atoms with van der Waals surface area (Å²) in [5, 5.41) is 29.3. The first-order valence-electron chi connectivity index (χ1n) is 10.1. The monoisotopic (exact) mass is 492 g/mol. The Bertz CT molecular complexity index is 1120. The Labute approximate surface area is 201 Å². The van der Waals surface area contributed by atoms with E-state index >= 15 is 0 Å². The summed E-state index contributed by atoms with van der Waals surface area (Å²) in [7, 11) is 3.44. The maximum absolute atomic E-state index is 14.8. The predicted molar refractivity (Wildman–Crippen MR) is 126 cm³/mol. The van der Waals surface area contributed by atoms with Gasteiger partial charge >= 0.3 is 0 Å². The molecule has 2 N–H and O–H groups in total. The molecule has 0 bridgehead atoms. The number of phenols is 1. The first kappa shape index (κ1) is 24.6. The van der Waals surface area contributed by atoms with Gasteiger partial charge in [0.25, 0.3) is 5.91 Å². The van der Waals surface area contributed by atoms with Crippen LogP contribution in [-0.2, 0) is 11.3 Å². The van der Waals surface area contributed by atoms with Crippen molar-refractivity contribution in [3.05, 3.63) is 62.9 Å². The molecule has 0 atom stereocenters. The van der Waals surface area contributed by atoms with Gasteiger partial charge in [0.15, 0.2) is 11.3 Å². The number of hydrogen-bond donors (Lipinski definition) is 2. The third-order valence-electron chi connectivity index (χ3n) is 5.51. The molecule has 0 unspecified atom stereocenters. The molecule has 0 saturated carbocycles. The number of piperazine rings is 1. The highest BCUT2D eigenvalue weighted by molar-refractivity contribution is 6.37. The Morgan fingerprint density at radius 2 is 1.79 bits per heavy atom. The van der Waals surface area contributed by atoms with Crippen molar-refractivity contribution in [2.24, 2.45) is 0 Å². The molecule has 3 rings (SSSR count). The smallest absolute Gasteiger partial charge is 0.268 e. The van der Waals surface area contributed by atoms with Gasteiger partial charge in [0.1, 0.15) is 17.6 Å². The predicted octanol–water partition coefficient (Wildman–Crippen LogP) is 4.04. The van der Waals surface area contributed by atoms with Crippen molar-refractivity contribution >= 4 is 40.6 Å². The number of aromatic hydroxyl groups is 1.